The Kier molecular flexibility index (Phi) is 7.00. The van der Waals surface area contributed by atoms with Crippen molar-refractivity contribution in [3.8, 4) is 0 Å². The van der Waals surface area contributed by atoms with Gasteiger partial charge in [0.05, 0.1) is 6.54 Å². The van der Waals surface area contributed by atoms with Crippen molar-refractivity contribution < 1.29 is 13.2 Å². The Morgan fingerprint density at radius 3 is 2.41 bits per heavy atom. The van der Waals surface area contributed by atoms with Gasteiger partial charge >= 0.3 is 6.18 Å². The molecule has 1 fully saturated rings. The lowest BCUT2D eigenvalue weighted by Crippen LogP contribution is -2.36. The predicted octanol–water partition coefficient (Wildman–Crippen LogP) is 4.26. The maximum absolute atomic E-state index is 12.6. The Morgan fingerprint density at radius 1 is 1.17 bits per heavy atom. The minimum atomic E-state index is -4.41. The Morgan fingerprint density at radius 2 is 1.83 bits per heavy atom. The molecule has 2 aromatic rings. The van der Waals surface area contributed by atoms with E-state index in [1.54, 1.807) is 7.05 Å². The van der Waals surface area contributed by atoms with Crippen LogP contribution in [-0.2, 0) is 19.3 Å². The van der Waals surface area contributed by atoms with Gasteiger partial charge < -0.3 is 15.5 Å². The van der Waals surface area contributed by atoms with E-state index in [1.807, 2.05) is 0 Å². The number of nitrogens with one attached hydrogen (secondary N) is 2. The van der Waals surface area contributed by atoms with Gasteiger partial charge in [0, 0.05) is 37.7 Å². The molecule has 0 saturated carbocycles. The number of piperidine rings is 1. The van der Waals surface area contributed by atoms with Crippen molar-refractivity contribution >= 4 is 23.0 Å². The molecule has 0 atom stereocenters. The monoisotopic (exact) mass is 425 g/mol. The number of rotatable bonds is 5. The van der Waals surface area contributed by atoms with E-state index in [-0.39, 0.29) is 6.54 Å². The molecular formula is C20H26F3N5S. The molecule has 9 heteroatoms. The number of guanidine groups is 1. The molecule has 2 N–H and O–H groups in total. The van der Waals surface area contributed by atoms with E-state index >= 15 is 0 Å². The summed E-state index contributed by atoms with van der Waals surface area (Å²) in [6.45, 7) is 5.26. The number of alkyl halides is 3. The minimum Gasteiger partial charge on any atom is -0.372 e. The number of aromatic nitrogens is 1. The lowest BCUT2D eigenvalue weighted by molar-refractivity contribution is -0.140. The number of halogens is 3. The number of anilines is 1. The third-order valence-electron chi connectivity index (χ3n) is 5.02. The third-order valence-corrected chi connectivity index (χ3v) is 5.87. The van der Waals surface area contributed by atoms with E-state index in [1.165, 1.54) is 18.5 Å². The zero-order valence-electron chi connectivity index (χ0n) is 16.6. The molecule has 3 rings (SSSR count). The van der Waals surface area contributed by atoms with Gasteiger partial charge in [-0.05, 0) is 36.5 Å². The fourth-order valence-corrected chi connectivity index (χ4v) is 3.92. The smallest absolute Gasteiger partial charge is 0.372 e. The number of benzene rings is 1. The summed E-state index contributed by atoms with van der Waals surface area (Å²) in [6, 6.07) is 8.45. The zero-order chi connectivity index (χ0) is 20.9. The van der Waals surface area contributed by atoms with Crippen LogP contribution in [0.25, 0.3) is 0 Å². The van der Waals surface area contributed by atoms with Crippen LogP contribution in [0.3, 0.4) is 0 Å². The van der Waals surface area contributed by atoms with Crippen molar-refractivity contribution in [3.63, 3.8) is 0 Å². The third kappa shape index (κ3) is 6.09. The van der Waals surface area contributed by atoms with Gasteiger partial charge in [-0.1, -0.05) is 19.1 Å². The Labute approximate surface area is 173 Å². The molecule has 0 radical (unpaired) electrons. The van der Waals surface area contributed by atoms with Crippen LogP contribution < -0.4 is 15.5 Å². The van der Waals surface area contributed by atoms with Crippen LogP contribution in [0.1, 0.15) is 36.0 Å². The van der Waals surface area contributed by atoms with Gasteiger partial charge in [-0.25, -0.2) is 4.98 Å². The quantitative estimate of drug-likeness (QED) is 0.555. The summed E-state index contributed by atoms with van der Waals surface area (Å²) in [5, 5.41) is 7.56. The molecule has 1 aromatic carbocycles. The highest BCUT2D eigenvalue weighted by molar-refractivity contribution is 7.09. The molecule has 1 aliphatic rings. The van der Waals surface area contributed by atoms with Gasteiger partial charge in [0.2, 0.25) is 0 Å². The molecule has 0 aliphatic carbocycles. The summed E-state index contributed by atoms with van der Waals surface area (Å²) in [5.74, 6) is 1.32. The molecule has 0 spiro atoms. The van der Waals surface area contributed by atoms with E-state index in [0.717, 1.165) is 41.3 Å². The average molecular weight is 426 g/mol. The number of thiazole rings is 1. The lowest BCUT2D eigenvalue weighted by atomic mass is 9.99. The fourth-order valence-electron chi connectivity index (χ4n) is 3.18. The van der Waals surface area contributed by atoms with Crippen LogP contribution in [0.15, 0.2) is 34.6 Å². The topological polar surface area (TPSA) is 52.6 Å². The van der Waals surface area contributed by atoms with E-state index < -0.39 is 11.9 Å². The molecule has 0 amide bonds. The molecule has 158 valence electrons. The van der Waals surface area contributed by atoms with E-state index in [9.17, 15) is 13.2 Å². The molecule has 29 heavy (non-hydrogen) atoms. The second-order valence-corrected chi connectivity index (χ2v) is 8.18. The first-order valence-corrected chi connectivity index (χ1v) is 10.5. The SMILES string of the molecule is CN=C(NCc1ccc(N2CCC(C)CC2)cc1)NCc1nc(C(F)(F)F)cs1. The van der Waals surface area contributed by atoms with Crippen molar-refractivity contribution in [2.24, 2.45) is 10.9 Å². The van der Waals surface area contributed by atoms with Gasteiger partial charge in [0.1, 0.15) is 5.01 Å². The summed E-state index contributed by atoms with van der Waals surface area (Å²) >= 11 is 0.977. The van der Waals surface area contributed by atoms with E-state index in [2.05, 4.69) is 56.7 Å². The summed E-state index contributed by atoms with van der Waals surface area (Å²) in [5.41, 5.74) is 1.49. The number of aliphatic imine (C=N–C) groups is 1. The average Bonchev–Trinajstić information content (AvgIpc) is 3.19. The van der Waals surface area contributed by atoms with Crippen LogP contribution in [0.2, 0.25) is 0 Å². The van der Waals surface area contributed by atoms with E-state index in [0.29, 0.717) is 17.5 Å². The first kappa shape index (κ1) is 21.4. The largest absolute Gasteiger partial charge is 0.434 e. The predicted molar refractivity (Wildman–Crippen MR) is 111 cm³/mol. The summed E-state index contributed by atoms with van der Waals surface area (Å²) < 4.78 is 37.9. The summed E-state index contributed by atoms with van der Waals surface area (Å²) in [4.78, 5) is 10.1. The molecule has 2 heterocycles. The van der Waals surface area contributed by atoms with Gasteiger partial charge in [0.15, 0.2) is 11.7 Å². The van der Waals surface area contributed by atoms with Crippen LogP contribution in [0, 0.1) is 5.92 Å². The second-order valence-electron chi connectivity index (χ2n) is 7.24. The number of nitrogens with zero attached hydrogens (tertiary/aromatic N) is 3. The first-order valence-electron chi connectivity index (χ1n) is 9.65. The van der Waals surface area contributed by atoms with Crippen molar-refractivity contribution in [1.82, 2.24) is 15.6 Å². The fraction of sp³-hybridized carbons (Fsp3) is 0.500. The second kappa shape index (κ2) is 9.47. The Hall–Kier alpha value is -2.29. The summed E-state index contributed by atoms with van der Waals surface area (Å²) in [6.07, 6.45) is -1.95. The standard InChI is InChI=1S/C20H26F3N5S/c1-14-7-9-28(10-8-14)16-5-3-15(4-6-16)11-25-19(24-2)26-12-18-27-17(13-29-18)20(21,22)23/h3-6,13-14H,7-12H2,1-2H3,(H2,24,25,26). The highest BCUT2D eigenvalue weighted by Gasteiger charge is 2.33. The minimum absolute atomic E-state index is 0.187. The van der Waals surface area contributed by atoms with Crippen LogP contribution in [0.4, 0.5) is 18.9 Å². The van der Waals surface area contributed by atoms with Crippen molar-refractivity contribution in [3.05, 3.63) is 45.9 Å². The number of hydrogen-bond acceptors (Lipinski definition) is 4. The zero-order valence-corrected chi connectivity index (χ0v) is 17.4. The molecular weight excluding hydrogens is 399 g/mol. The maximum atomic E-state index is 12.6. The number of hydrogen-bond donors (Lipinski definition) is 2. The first-order chi connectivity index (χ1) is 13.8. The van der Waals surface area contributed by atoms with Gasteiger partial charge in [-0.3, -0.25) is 4.99 Å². The molecule has 1 aromatic heterocycles. The van der Waals surface area contributed by atoms with Crippen molar-refractivity contribution in [2.45, 2.75) is 39.0 Å². The Balaban J connectivity index is 1.47. The van der Waals surface area contributed by atoms with Crippen LogP contribution in [-0.4, -0.2) is 31.1 Å². The summed E-state index contributed by atoms with van der Waals surface area (Å²) in [7, 11) is 1.62. The molecule has 0 unspecified atom stereocenters. The van der Waals surface area contributed by atoms with Gasteiger partial charge in [-0.15, -0.1) is 11.3 Å². The van der Waals surface area contributed by atoms with Crippen molar-refractivity contribution in [2.75, 3.05) is 25.0 Å². The van der Waals surface area contributed by atoms with Crippen LogP contribution >= 0.6 is 11.3 Å². The highest BCUT2D eigenvalue weighted by Crippen LogP contribution is 2.30. The highest BCUT2D eigenvalue weighted by atomic mass is 32.1. The molecule has 1 aliphatic heterocycles. The van der Waals surface area contributed by atoms with E-state index in [4.69, 9.17) is 0 Å². The molecule has 5 nitrogen and oxygen atoms in total. The van der Waals surface area contributed by atoms with Gasteiger partial charge in [-0.2, -0.15) is 13.2 Å². The molecule has 1 saturated heterocycles. The normalized spacial score (nSPS) is 16.2. The van der Waals surface area contributed by atoms with Crippen molar-refractivity contribution in [1.29, 1.82) is 0 Å². The van der Waals surface area contributed by atoms with Gasteiger partial charge in [0.25, 0.3) is 0 Å². The maximum Gasteiger partial charge on any atom is 0.434 e. The van der Waals surface area contributed by atoms with Crippen LogP contribution in [0.5, 0.6) is 0 Å². The lowest BCUT2D eigenvalue weighted by Gasteiger charge is -2.32. The molecule has 0 bridgehead atoms. The Bertz CT molecular complexity index is 808.